The standard InChI is InChI=1S/C17H26N2O.C9H13NO2.C4H10/c1-11(2)16-13-7-8-20-17(4,5)9-14(13)15(10-18)12(3)19(16)6;1-3-5-10-9(11)8-7(2)4-6-12-8;1-3-4-2/h11,16H,7-9H2,1-6H3;4,6H,3,5H2,1-2H3,(H,10,11);3-4H2,1-2H3. The Morgan fingerprint density at radius 2 is 1.86 bits per heavy atom. The van der Waals surface area contributed by atoms with Crippen LogP contribution in [0.1, 0.15) is 104 Å². The van der Waals surface area contributed by atoms with Gasteiger partial charge in [-0.1, -0.05) is 47.5 Å². The van der Waals surface area contributed by atoms with Gasteiger partial charge in [-0.3, -0.25) is 4.79 Å². The van der Waals surface area contributed by atoms with Crippen LogP contribution in [-0.4, -0.2) is 42.6 Å². The predicted octanol–water partition coefficient (Wildman–Crippen LogP) is 7.17. The smallest absolute Gasteiger partial charge is 0.287 e. The quantitative estimate of drug-likeness (QED) is 0.464. The molecule has 0 aliphatic carbocycles. The molecule has 36 heavy (non-hydrogen) atoms. The minimum atomic E-state index is -0.184. The highest BCUT2D eigenvalue weighted by Crippen LogP contribution is 2.41. The number of likely N-dealkylation sites (N-methyl/N-ethyl adjacent to an activating group) is 1. The normalized spacial score (nSPS) is 18.8. The summed E-state index contributed by atoms with van der Waals surface area (Å²) in [5.74, 6) is 0.823. The molecule has 1 aromatic rings. The number of furan rings is 1. The summed E-state index contributed by atoms with van der Waals surface area (Å²) >= 11 is 0. The second kappa shape index (κ2) is 14.9. The number of rotatable bonds is 5. The van der Waals surface area contributed by atoms with Crippen molar-refractivity contribution < 1.29 is 13.9 Å². The zero-order chi connectivity index (χ0) is 27.5. The summed E-state index contributed by atoms with van der Waals surface area (Å²) in [7, 11) is 2.11. The molecule has 1 N–H and O–H groups in total. The lowest BCUT2D eigenvalue weighted by atomic mass is 9.80. The number of amides is 1. The lowest BCUT2D eigenvalue weighted by Gasteiger charge is -2.41. The van der Waals surface area contributed by atoms with E-state index in [1.165, 1.54) is 30.3 Å². The van der Waals surface area contributed by atoms with Gasteiger partial charge >= 0.3 is 0 Å². The van der Waals surface area contributed by atoms with Crippen molar-refractivity contribution in [2.45, 2.75) is 106 Å². The number of hydrogen-bond acceptors (Lipinski definition) is 5. The van der Waals surface area contributed by atoms with Crippen molar-refractivity contribution in [3.8, 4) is 6.07 Å². The average molecular weight is 500 g/mol. The molecule has 6 heteroatoms. The summed E-state index contributed by atoms with van der Waals surface area (Å²) in [6.07, 6.45) is 6.87. The Balaban J connectivity index is 0.000000343. The predicted molar refractivity (Wildman–Crippen MR) is 148 cm³/mol. The third-order valence-corrected chi connectivity index (χ3v) is 6.67. The number of nitrogens with zero attached hydrogens (tertiary/aromatic N) is 2. The number of hydrogen-bond donors (Lipinski definition) is 1. The molecule has 0 radical (unpaired) electrons. The second-order valence-corrected chi connectivity index (χ2v) is 10.6. The van der Waals surface area contributed by atoms with Gasteiger partial charge in [-0.15, -0.1) is 0 Å². The number of unbranched alkanes of at least 4 members (excludes halogenated alkanes) is 1. The van der Waals surface area contributed by atoms with Crippen LogP contribution in [0.5, 0.6) is 0 Å². The Bertz CT molecular complexity index is 945. The number of carbonyl (C=O) groups excluding carboxylic acids is 1. The molecule has 0 saturated heterocycles. The molecule has 3 heterocycles. The number of aryl methyl sites for hydroxylation is 1. The second-order valence-electron chi connectivity index (χ2n) is 10.6. The Labute approximate surface area is 219 Å². The number of nitriles is 1. The zero-order valence-corrected chi connectivity index (χ0v) is 24.4. The molecule has 1 amide bonds. The number of nitrogens with one attached hydrogen (secondary N) is 1. The highest BCUT2D eigenvalue weighted by atomic mass is 16.5. The van der Waals surface area contributed by atoms with E-state index < -0.39 is 0 Å². The molecule has 2 aliphatic heterocycles. The van der Waals surface area contributed by atoms with Gasteiger partial charge in [-0.05, 0) is 63.7 Å². The van der Waals surface area contributed by atoms with E-state index in [0.717, 1.165) is 42.7 Å². The molecule has 1 unspecified atom stereocenters. The minimum Gasteiger partial charge on any atom is -0.459 e. The van der Waals surface area contributed by atoms with Crippen LogP contribution in [0.2, 0.25) is 0 Å². The molecular formula is C30H49N3O3. The summed E-state index contributed by atoms with van der Waals surface area (Å²) in [5.41, 5.74) is 5.31. The van der Waals surface area contributed by atoms with Crippen LogP contribution in [0.15, 0.2) is 39.2 Å². The van der Waals surface area contributed by atoms with Gasteiger partial charge in [-0.2, -0.15) is 5.26 Å². The van der Waals surface area contributed by atoms with E-state index in [-0.39, 0.29) is 11.5 Å². The highest BCUT2D eigenvalue weighted by Gasteiger charge is 2.37. The van der Waals surface area contributed by atoms with Crippen molar-refractivity contribution >= 4 is 5.91 Å². The first-order valence-electron chi connectivity index (χ1n) is 13.5. The van der Waals surface area contributed by atoms with Gasteiger partial charge in [-0.25, -0.2) is 0 Å². The van der Waals surface area contributed by atoms with Crippen molar-refractivity contribution in [2.24, 2.45) is 5.92 Å². The molecule has 0 aromatic carbocycles. The van der Waals surface area contributed by atoms with Gasteiger partial charge in [0.25, 0.3) is 5.91 Å². The maximum absolute atomic E-state index is 11.3. The third-order valence-electron chi connectivity index (χ3n) is 6.67. The molecular weight excluding hydrogens is 450 g/mol. The van der Waals surface area contributed by atoms with Gasteiger partial charge < -0.3 is 19.4 Å². The fraction of sp³-hybridized carbons (Fsp3) is 0.667. The average Bonchev–Trinajstić information content (AvgIpc) is 3.19. The summed E-state index contributed by atoms with van der Waals surface area (Å²) in [5, 5.41) is 12.3. The van der Waals surface area contributed by atoms with E-state index in [1.807, 2.05) is 13.8 Å². The topological polar surface area (TPSA) is 78.5 Å². The maximum Gasteiger partial charge on any atom is 0.287 e. The zero-order valence-electron chi connectivity index (χ0n) is 24.4. The molecule has 2 aliphatic rings. The van der Waals surface area contributed by atoms with Crippen molar-refractivity contribution in [1.82, 2.24) is 10.2 Å². The van der Waals surface area contributed by atoms with Crippen LogP contribution in [0.4, 0.5) is 0 Å². The summed E-state index contributed by atoms with van der Waals surface area (Å²) < 4.78 is 11.0. The van der Waals surface area contributed by atoms with Crippen LogP contribution >= 0.6 is 0 Å². The largest absolute Gasteiger partial charge is 0.459 e. The number of ether oxygens (including phenoxy) is 1. The van der Waals surface area contributed by atoms with E-state index in [9.17, 15) is 10.1 Å². The SMILES string of the molecule is CC1=C(C#N)C2=C(CCOC(C)(C)C2)C(C(C)C)N1C.CCCC.CCCNC(=O)c1occc1C. The van der Waals surface area contributed by atoms with Crippen LogP contribution in [-0.2, 0) is 4.74 Å². The Morgan fingerprint density at radius 1 is 1.22 bits per heavy atom. The molecule has 3 rings (SSSR count). The summed E-state index contributed by atoms with van der Waals surface area (Å²) in [6.45, 7) is 20.5. The third kappa shape index (κ3) is 8.55. The fourth-order valence-electron chi connectivity index (χ4n) is 4.51. The van der Waals surface area contributed by atoms with E-state index in [4.69, 9.17) is 9.15 Å². The lowest BCUT2D eigenvalue weighted by molar-refractivity contribution is -0.0105. The van der Waals surface area contributed by atoms with E-state index in [0.29, 0.717) is 24.3 Å². The summed E-state index contributed by atoms with van der Waals surface area (Å²) in [4.78, 5) is 13.6. The molecule has 202 valence electrons. The van der Waals surface area contributed by atoms with Gasteiger partial charge in [0, 0.05) is 31.3 Å². The maximum atomic E-state index is 11.3. The molecule has 0 bridgehead atoms. The van der Waals surface area contributed by atoms with Gasteiger partial charge in [0.15, 0.2) is 5.76 Å². The fourth-order valence-corrected chi connectivity index (χ4v) is 4.51. The first kappa shape index (κ1) is 31.5. The first-order chi connectivity index (χ1) is 16.9. The molecule has 6 nitrogen and oxygen atoms in total. The van der Waals surface area contributed by atoms with Crippen molar-refractivity contribution in [3.63, 3.8) is 0 Å². The molecule has 0 spiro atoms. The van der Waals surface area contributed by atoms with Crippen molar-refractivity contribution in [3.05, 3.63) is 46.1 Å². The van der Waals surface area contributed by atoms with Crippen LogP contribution < -0.4 is 5.32 Å². The Kier molecular flexibility index (Phi) is 13.0. The van der Waals surface area contributed by atoms with Gasteiger partial charge in [0.2, 0.25) is 0 Å². The monoisotopic (exact) mass is 499 g/mol. The Morgan fingerprint density at radius 3 is 2.33 bits per heavy atom. The van der Waals surface area contributed by atoms with E-state index >= 15 is 0 Å². The molecule has 1 atom stereocenters. The Hall–Kier alpha value is -2.52. The molecule has 0 fully saturated rings. The summed E-state index contributed by atoms with van der Waals surface area (Å²) in [6, 6.07) is 4.60. The highest BCUT2D eigenvalue weighted by molar-refractivity contribution is 5.92. The van der Waals surface area contributed by atoms with Crippen LogP contribution in [0.3, 0.4) is 0 Å². The van der Waals surface area contributed by atoms with Gasteiger partial charge in [0.1, 0.15) is 6.07 Å². The number of carbonyl (C=O) groups is 1. The minimum absolute atomic E-state index is 0.126. The van der Waals surface area contributed by atoms with Crippen molar-refractivity contribution in [2.75, 3.05) is 20.2 Å². The molecule has 0 saturated carbocycles. The van der Waals surface area contributed by atoms with E-state index in [1.54, 1.807) is 6.07 Å². The first-order valence-corrected chi connectivity index (χ1v) is 13.5. The lowest BCUT2D eigenvalue weighted by Crippen LogP contribution is -2.40. The van der Waals surface area contributed by atoms with Crippen molar-refractivity contribution in [1.29, 1.82) is 5.26 Å². The molecule has 1 aromatic heterocycles. The number of allylic oxidation sites excluding steroid dienone is 2. The van der Waals surface area contributed by atoms with Crippen LogP contribution in [0, 0.1) is 24.2 Å². The van der Waals surface area contributed by atoms with Gasteiger partial charge in [0.05, 0.1) is 30.1 Å². The van der Waals surface area contributed by atoms with Crippen LogP contribution in [0.25, 0.3) is 0 Å². The van der Waals surface area contributed by atoms with E-state index in [2.05, 4.69) is 71.8 Å².